The van der Waals surface area contributed by atoms with Gasteiger partial charge in [-0.1, -0.05) is 30.3 Å². The van der Waals surface area contributed by atoms with Gasteiger partial charge in [0, 0.05) is 25.3 Å². The van der Waals surface area contributed by atoms with Crippen LogP contribution >= 0.6 is 0 Å². The number of benzene rings is 1. The molecule has 2 N–H and O–H groups in total. The van der Waals surface area contributed by atoms with E-state index in [1.807, 2.05) is 24.4 Å². The van der Waals surface area contributed by atoms with Crippen molar-refractivity contribution in [2.45, 2.75) is 31.9 Å². The summed E-state index contributed by atoms with van der Waals surface area (Å²) in [6.07, 6.45) is 5.23. The van der Waals surface area contributed by atoms with E-state index in [2.05, 4.69) is 39.5 Å². The first kappa shape index (κ1) is 16.0. The zero-order valence-electron chi connectivity index (χ0n) is 13.5. The van der Waals surface area contributed by atoms with Crippen LogP contribution in [-0.4, -0.2) is 35.8 Å². The smallest absolute Gasteiger partial charge is 0.128 e. The summed E-state index contributed by atoms with van der Waals surface area (Å²) >= 11 is 0. The van der Waals surface area contributed by atoms with E-state index < -0.39 is 0 Å². The van der Waals surface area contributed by atoms with E-state index in [1.165, 1.54) is 18.4 Å². The number of pyridine rings is 1. The second-order valence-electron chi connectivity index (χ2n) is 6.13. The molecule has 1 aliphatic heterocycles. The Kier molecular flexibility index (Phi) is 5.61. The highest BCUT2D eigenvalue weighted by Gasteiger charge is 2.19. The molecule has 4 nitrogen and oxygen atoms in total. The van der Waals surface area contributed by atoms with Gasteiger partial charge in [0.05, 0.1) is 6.61 Å². The molecule has 0 atom stereocenters. The average molecular weight is 311 g/mol. The van der Waals surface area contributed by atoms with Crippen LogP contribution in [0.3, 0.4) is 0 Å². The molecule has 1 aliphatic rings. The van der Waals surface area contributed by atoms with Crippen LogP contribution in [0.1, 0.15) is 24.0 Å². The zero-order chi connectivity index (χ0) is 15.9. The van der Waals surface area contributed by atoms with Gasteiger partial charge in [-0.3, -0.25) is 0 Å². The number of aromatic nitrogens is 1. The molecule has 0 spiro atoms. The summed E-state index contributed by atoms with van der Waals surface area (Å²) in [7, 11) is 0. The maximum absolute atomic E-state index is 9.06. The average Bonchev–Trinajstić information content (AvgIpc) is 2.64. The van der Waals surface area contributed by atoms with Crippen molar-refractivity contribution >= 4 is 5.82 Å². The highest BCUT2D eigenvalue weighted by molar-refractivity contribution is 5.38. The summed E-state index contributed by atoms with van der Waals surface area (Å²) in [5.41, 5.74) is 2.30. The number of aliphatic hydroxyl groups excluding tert-OH is 1. The van der Waals surface area contributed by atoms with Gasteiger partial charge in [0.25, 0.3) is 0 Å². The molecule has 4 heteroatoms. The number of anilines is 1. The van der Waals surface area contributed by atoms with E-state index in [-0.39, 0.29) is 6.61 Å². The van der Waals surface area contributed by atoms with Crippen molar-refractivity contribution in [3.8, 4) is 0 Å². The Hall–Kier alpha value is -1.91. The Balaban J connectivity index is 1.39. The van der Waals surface area contributed by atoms with Crippen molar-refractivity contribution in [3.63, 3.8) is 0 Å². The number of piperidine rings is 1. The van der Waals surface area contributed by atoms with Crippen molar-refractivity contribution in [3.05, 3.63) is 59.8 Å². The minimum atomic E-state index is 0.118. The van der Waals surface area contributed by atoms with Crippen LogP contribution in [0.2, 0.25) is 0 Å². The third-order valence-corrected chi connectivity index (χ3v) is 4.52. The lowest BCUT2D eigenvalue weighted by Crippen LogP contribution is -2.43. The first-order chi connectivity index (χ1) is 11.3. The molecule has 0 saturated carbocycles. The quantitative estimate of drug-likeness (QED) is 0.860. The second-order valence-corrected chi connectivity index (χ2v) is 6.13. The maximum atomic E-state index is 9.06. The molecule has 3 rings (SSSR count). The maximum Gasteiger partial charge on any atom is 0.128 e. The molecule has 1 aromatic heterocycles. The summed E-state index contributed by atoms with van der Waals surface area (Å²) in [5.74, 6) is 1.09. The molecular weight excluding hydrogens is 286 g/mol. The summed E-state index contributed by atoms with van der Waals surface area (Å²) in [6, 6.07) is 14.9. The molecule has 0 amide bonds. The van der Waals surface area contributed by atoms with Crippen molar-refractivity contribution in [1.82, 2.24) is 10.3 Å². The summed E-state index contributed by atoms with van der Waals surface area (Å²) in [4.78, 5) is 6.80. The van der Waals surface area contributed by atoms with Crippen molar-refractivity contribution in [1.29, 1.82) is 0 Å². The van der Waals surface area contributed by atoms with Gasteiger partial charge in [0.2, 0.25) is 0 Å². The van der Waals surface area contributed by atoms with Gasteiger partial charge < -0.3 is 15.3 Å². The minimum Gasteiger partial charge on any atom is -0.392 e. The van der Waals surface area contributed by atoms with Gasteiger partial charge in [-0.05, 0) is 49.1 Å². The largest absolute Gasteiger partial charge is 0.392 e. The van der Waals surface area contributed by atoms with Crippen LogP contribution in [0.5, 0.6) is 0 Å². The molecule has 0 unspecified atom stereocenters. The number of nitrogens with zero attached hydrogens (tertiary/aromatic N) is 2. The summed E-state index contributed by atoms with van der Waals surface area (Å²) < 4.78 is 0. The van der Waals surface area contributed by atoms with Crippen LogP contribution in [0.25, 0.3) is 0 Å². The van der Waals surface area contributed by atoms with E-state index >= 15 is 0 Å². The molecule has 1 aromatic carbocycles. The number of rotatable bonds is 6. The highest BCUT2D eigenvalue weighted by atomic mass is 16.3. The fourth-order valence-electron chi connectivity index (χ4n) is 3.09. The van der Waals surface area contributed by atoms with Crippen LogP contribution in [0.15, 0.2) is 48.7 Å². The van der Waals surface area contributed by atoms with Crippen LogP contribution in [-0.2, 0) is 13.0 Å². The fourth-order valence-corrected chi connectivity index (χ4v) is 3.09. The summed E-state index contributed by atoms with van der Waals surface area (Å²) in [6.45, 7) is 3.26. The van der Waals surface area contributed by atoms with Gasteiger partial charge in [-0.2, -0.15) is 0 Å². The molecule has 0 radical (unpaired) electrons. The van der Waals surface area contributed by atoms with Crippen molar-refractivity contribution < 1.29 is 5.11 Å². The van der Waals surface area contributed by atoms with Crippen molar-refractivity contribution in [2.24, 2.45) is 0 Å². The Bertz CT molecular complexity index is 577. The number of nitrogens with one attached hydrogen (secondary N) is 1. The molecule has 2 heterocycles. The van der Waals surface area contributed by atoms with E-state index in [0.717, 1.165) is 37.4 Å². The van der Waals surface area contributed by atoms with Gasteiger partial charge in [0.1, 0.15) is 5.82 Å². The van der Waals surface area contributed by atoms with Gasteiger partial charge in [0.15, 0.2) is 0 Å². The summed E-state index contributed by atoms with van der Waals surface area (Å²) in [5, 5.41) is 12.7. The van der Waals surface area contributed by atoms with Crippen LogP contribution in [0.4, 0.5) is 5.82 Å². The Morgan fingerprint density at radius 2 is 1.78 bits per heavy atom. The number of hydrogen-bond donors (Lipinski definition) is 2. The van der Waals surface area contributed by atoms with E-state index in [4.69, 9.17) is 5.11 Å². The molecule has 0 aliphatic carbocycles. The molecule has 122 valence electrons. The molecule has 0 bridgehead atoms. The monoisotopic (exact) mass is 311 g/mol. The van der Waals surface area contributed by atoms with E-state index in [0.29, 0.717) is 6.04 Å². The number of hydrogen-bond acceptors (Lipinski definition) is 4. The van der Waals surface area contributed by atoms with Crippen LogP contribution in [0, 0.1) is 0 Å². The first-order valence-electron chi connectivity index (χ1n) is 8.43. The van der Waals surface area contributed by atoms with E-state index in [9.17, 15) is 0 Å². The third-order valence-electron chi connectivity index (χ3n) is 4.52. The first-order valence-corrected chi connectivity index (χ1v) is 8.43. The topological polar surface area (TPSA) is 48.4 Å². The Labute approximate surface area is 138 Å². The van der Waals surface area contributed by atoms with Crippen LogP contribution < -0.4 is 10.2 Å². The minimum absolute atomic E-state index is 0.118. The highest BCUT2D eigenvalue weighted by Crippen LogP contribution is 2.17. The standard InChI is InChI=1S/C19H25N3O/c23-15-17-6-4-16(5-7-17)8-12-20-18-9-13-22(14-10-18)19-3-1-2-11-21-19/h1-7,11,18,20,23H,8-10,12-15H2. The molecular formula is C19H25N3O. The van der Waals surface area contributed by atoms with Gasteiger partial charge in [-0.15, -0.1) is 0 Å². The Morgan fingerprint density at radius 3 is 2.43 bits per heavy atom. The predicted molar refractivity (Wildman–Crippen MR) is 93.5 cm³/mol. The fraction of sp³-hybridized carbons (Fsp3) is 0.421. The van der Waals surface area contributed by atoms with Gasteiger partial charge in [-0.25, -0.2) is 4.98 Å². The van der Waals surface area contributed by atoms with E-state index in [1.54, 1.807) is 0 Å². The normalized spacial score (nSPS) is 15.8. The number of aliphatic hydroxyl groups is 1. The Morgan fingerprint density at radius 1 is 1.04 bits per heavy atom. The molecule has 23 heavy (non-hydrogen) atoms. The molecule has 2 aromatic rings. The molecule has 1 saturated heterocycles. The second kappa shape index (κ2) is 8.09. The predicted octanol–water partition coefficient (Wildman–Crippen LogP) is 2.38. The lowest BCUT2D eigenvalue weighted by atomic mass is 10.0. The van der Waals surface area contributed by atoms with Gasteiger partial charge >= 0.3 is 0 Å². The lowest BCUT2D eigenvalue weighted by molar-refractivity contribution is 0.282. The molecule has 1 fully saturated rings. The lowest BCUT2D eigenvalue weighted by Gasteiger charge is -2.33. The third kappa shape index (κ3) is 4.53. The van der Waals surface area contributed by atoms with Crippen molar-refractivity contribution in [2.75, 3.05) is 24.5 Å². The SMILES string of the molecule is OCc1ccc(CCNC2CCN(c3ccccn3)CC2)cc1. The zero-order valence-corrected chi connectivity index (χ0v) is 13.5.